The average molecular weight is 512 g/mol. The minimum absolute atomic E-state index is 0.0402. The highest BCUT2D eigenvalue weighted by atomic mass is 35.5. The van der Waals surface area contributed by atoms with E-state index in [1.807, 2.05) is 36.4 Å². The largest absolute Gasteiger partial charge is 0.339 e. The maximum Gasteiger partial charge on any atom is 0.321 e. The van der Waals surface area contributed by atoms with Gasteiger partial charge in [-0.25, -0.2) is 18.2 Å². The number of fused-ring (bicyclic) bond motifs is 1. The first-order chi connectivity index (χ1) is 16.8. The summed E-state index contributed by atoms with van der Waals surface area (Å²) in [5.74, 6) is 1.02. The first-order valence-electron chi connectivity index (χ1n) is 11.0. The molecule has 0 aliphatic carbocycles. The number of nitrogens with zero attached hydrogens (tertiary/aromatic N) is 4. The van der Waals surface area contributed by atoms with Crippen molar-refractivity contribution in [2.24, 2.45) is 0 Å². The first-order valence-corrected chi connectivity index (χ1v) is 13.3. The average Bonchev–Trinajstić information content (AvgIpc) is 3.35. The topological polar surface area (TPSA) is 118 Å². The normalized spacial score (nSPS) is 14.9. The summed E-state index contributed by atoms with van der Waals surface area (Å²) in [7, 11) is -3.38. The molecule has 1 saturated heterocycles. The van der Waals surface area contributed by atoms with E-state index in [-0.39, 0.29) is 21.9 Å². The molecule has 0 bridgehead atoms. The van der Waals surface area contributed by atoms with E-state index < -0.39 is 9.84 Å². The number of para-hydroxylation sites is 1. The van der Waals surface area contributed by atoms with Crippen LogP contribution in [0.25, 0.3) is 22.4 Å². The van der Waals surface area contributed by atoms with Crippen LogP contribution in [0, 0.1) is 0 Å². The summed E-state index contributed by atoms with van der Waals surface area (Å²) in [5, 5.41) is 8.07. The predicted octanol–water partition coefficient (Wildman–Crippen LogP) is 4.75. The molecule has 1 fully saturated rings. The molecular weight excluding hydrogens is 490 g/mol. The number of amides is 2. The zero-order chi connectivity index (χ0) is 24.6. The van der Waals surface area contributed by atoms with Gasteiger partial charge in [0.05, 0.1) is 21.1 Å². The lowest BCUT2D eigenvalue weighted by molar-refractivity contribution is 0.187. The van der Waals surface area contributed by atoms with E-state index >= 15 is 0 Å². The van der Waals surface area contributed by atoms with Gasteiger partial charge < -0.3 is 14.7 Å². The van der Waals surface area contributed by atoms with Crippen molar-refractivity contribution in [1.82, 2.24) is 20.0 Å². The van der Waals surface area contributed by atoms with E-state index in [4.69, 9.17) is 16.1 Å². The molecule has 11 heteroatoms. The number of urea groups is 1. The summed E-state index contributed by atoms with van der Waals surface area (Å²) in [6.07, 6.45) is 2.44. The number of piperidine rings is 1. The number of aromatic nitrogens is 3. The van der Waals surface area contributed by atoms with Crippen molar-refractivity contribution in [3.8, 4) is 11.5 Å². The molecule has 4 aromatic rings. The number of benzene rings is 2. The van der Waals surface area contributed by atoms with Crippen LogP contribution in [-0.4, -0.2) is 53.8 Å². The number of pyridine rings is 1. The van der Waals surface area contributed by atoms with Crippen molar-refractivity contribution in [2.45, 2.75) is 23.7 Å². The molecule has 0 saturated carbocycles. The van der Waals surface area contributed by atoms with Crippen LogP contribution in [-0.2, 0) is 9.84 Å². The number of hydrogen-bond donors (Lipinski definition) is 1. The third kappa shape index (κ3) is 4.98. The number of hydrogen-bond acceptors (Lipinski definition) is 7. The number of halogens is 1. The van der Waals surface area contributed by atoms with E-state index in [2.05, 4.69) is 20.4 Å². The molecule has 9 nitrogen and oxygen atoms in total. The quantitative estimate of drug-likeness (QED) is 0.420. The Labute approximate surface area is 207 Å². The number of sulfone groups is 1. The number of likely N-dealkylation sites (tertiary alicyclic amines) is 1. The van der Waals surface area contributed by atoms with Crippen molar-refractivity contribution in [1.29, 1.82) is 0 Å². The molecule has 0 radical (unpaired) electrons. The third-order valence-corrected chi connectivity index (χ3v) is 7.43. The molecule has 0 spiro atoms. The van der Waals surface area contributed by atoms with Crippen molar-refractivity contribution >= 4 is 44.1 Å². The van der Waals surface area contributed by atoms with Gasteiger partial charge in [-0.1, -0.05) is 41.0 Å². The van der Waals surface area contributed by atoms with Crippen LogP contribution in [0.15, 0.2) is 64.0 Å². The van der Waals surface area contributed by atoms with Gasteiger partial charge in [0, 0.05) is 30.6 Å². The third-order valence-electron chi connectivity index (χ3n) is 6.01. The summed E-state index contributed by atoms with van der Waals surface area (Å²) < 4.78 is 28.9. The van der Waals surface area contributed by atoms with Crippen LogP contribution in [0.5, 0.6) is 0 Å². The van der Waals surface area contributed by atoms with Gasteiger partial charge in [0.15, 0.2) is 9.84 Å². The number of carbonyl (C=O) groups is 1. The number of nitrogens with one attached hydrogen (secondary N) is 1. The Morgan fingerprint density at radius 1 is 1.09 bits per heavy atom. The molecule has 5 rings (SSSR count). The minimum Gasteiger partial charge on any atom is -0.339 e. The van der Waals surface area contributed by atoms with Gasteiger partial charge in [0.1, 0.15) is 5.69 Å². The fraction of sp³-hybridized carbons (Fsp3) is 0.250. The van der Waals surface area contributed by atoms with E-state index in [9.17, 15) is 13.2 Å². The molecule has 2 aromatic carbocycles. The molecule has 2 amide bonds. The molecule has 1 N–H and O–H groups in total. The van der Waals surface area contributed by atoms with Gasteiger partial charge in [-0.3, -0.25) is 0 Å². The molecule has 35 heavy (non-hydrogen) atoms. The Bertz CT molecular complexity index is 1510. The maximum absolute atomic E-state index is 12.7. The maximum atomic E-state index is 12.7. The second kappa shape index (κ2) is 9.27. The first kappa shape index (κ1) is 23.3. The van der Waals surface area contributed by atoms with Crippen molar-refractivity contribution in [2.75, 3.05) is 24.7 Å². The van der Waals surface area contributed by atoms with Crippen LogP contribution >= 0.6 is 11.6 Å². The Balaban J connectivity index is 1.21. The Morgan fingerprint density at radius 3 is 2.60 bits per heavy atom. The molecule has 2 aromatic heterocycles. The Morgan fingerprint density at radius 2 is 1.86 bits per heavy atom. The summed E-state index contributed by atoms with van der Waals surface area (Å²) in [6, 6.07) is 15.6. The van der Waals surface area contributed by atoms with Crippen LogP contribution < -0.4 is 5.32 Å². The monoisotopic (exact) mass is 511 g/mol. The van der Waals surface area contributed by atoms with Crippen molar-refractivity contribution in [3.63, 3.8) is 0 Å². The van der Waals surface area contributed by atoms with Crippen LogP contribution in [0.2, 0.25) is 5.02 Å². The van der Waals surface area contributed by atoms with E-state index in [1.165, 1.54) is 18.2 Å². The lowest BCUT2D eigenvalue weighted by atomic mass is 9.97. The Kier molecular flexibility index (Phi) is 6.16. The molecule has 0 unspecified atom stereocenters. The fourth-order valence-electron chi connectivity index (χ4n) is 4.05. The minimum atomic E-state index is -3.38. The molecule has 3 heterocycles. The highest BCUT2D eigenvalue weighted by molar-refractivity contribution is 7.90. The van der Waals surface area contributed by atoms with Crippen LogP contribution in [0.3, 0.4) is 0 Å². The summed E-state index contributed by atoms with van der Waals surface area (Å²) in [5.41, 5.74) is 1.87. The Hall–Kier alpha value is -3.50. The second-order valence-corrected chi connectivity index (χ2v) is 10.9. The summed E-state index contributed by atoms with van der Waals surface area (Å²) >= 11 is 6.18. The van der Waals surface area contributed by atoms with Gasteiger partial charge in [-0.15, -0.1) is 0 Å². The van der Waals surface area contributed by atoms with Gasteiger partial charge in [-0.2, -0.15) is 4.98 Å². The SMILES string of the molecule is CS(=O)(=O)c1ccc(NC(=O)N2CCC(c3nc(-c4ccc5ccccc5n4)no3)CC2)c(Cl)c1. The van der Waals surface area contributed by atoms with E-state index in [0.717, 1.165) is 17.2 Å². The standard InChI is InChI=1S/C24H22ClN5O4S/c1-35(32,33)17-7-9-20(18(25)14-17)27-24(31)30-12-10-16(11-13-30)23-28-22(29-34-23)21-8-6-15-4-2-3-5-19(15)26-21/h2-9,14,16H,10-13H2,1H3,(H,27,31). The predicted molar refractivity (Wildman–Crippen MR) is 132 cm³/mol. The molecule has 1 aliphatic rings. The lowest BCUT2D eigenvalue weighted by Crippen LogP contribution is -2.40. The molecule has 180 valence electrons. The van der Waals surface area contributed by atoms with E-state index in [0.29, 0.717) is 49.0 Å². The van der Waals surface area contributed by atoms with Crippen LogP contribution in [0.4, 0.5) is 10.5 Å². The van der Waals surface area contributed by atoms with E-state index in [1.54, 1.807) is 4.90 Å². The fourth-order valence-corrected chi connectivity index (χ4v) is 4.99. The molecular formula is C24H22ClN5O4S. The highest BCUT2D eigenvalue weighted by Crippen LogP contribution is 2.30. The number of carbonyl (C=O) groups excluding carboxylic acids is 1. The zero-order valence-electron chi connectivity index (χ0n) is 18.8. The molecule has 0 atom stereocenters. The summed E-state index contributed by atoms with van der Waals surface area (Å²) in [4.78, 5) is 23.7. The lowest BCUT2D eigenvalue weighted by Gasteiger charge is -2.30. The van der Waals surface area contributed by atoms with Gasteiger partial charge >= 0.3 is 6.03 Å². The smallest absolute Gasteiger partial charge is 0.321 e. The van der Waals surface area contributed by atoms with Gasteiger partial charge in [0.2, 0.25) is 11.7 Å². The van der Waals surface area contributed by atoms with Gasteiger partial charge in [-0.05, 0) is 43.2 Å². The van der Waals surface area contributed by atoms with Crippen LogP contribution in [0.1, 0.15) is 24.7 Å². The highest BCUT2D eigenvalue weighted by Gasteiger charge is 2.28. The second-order valence-electron chi connectivity index (χ2n) is 8.45. The zero-order valence-corrected chi connectivity index (χ0v) is 20.4. The summed E-state index contributed by atoms with van der Waals surface area (Å²) in [6.45, 7) is 1.00. The van der Waals surface area contributed by atoms with Crippen molar-refractivity contribution in [3.05, 3.63) is 65.5 Å². The number of anilines is 1. The molecule has 1 aliphatic heterocycles. The number of rotatable bonds is 4. The van der Waals surface area contributed by atoms with Gasteiger partial charge in [0.25, 0.3) is 0 Å². The van der Waals surface area contributed by atoms with Crippen molar-refractivity contribution < 1.29 is 17.7 Å².